The Hall–Kier alpha value is -12.6. The van der Waals surface area contributed by atoms with Gasteiger partial charge in [-0.1, -0.05) is 141 Å². The van der Waals surface area contributed by atoms with Gasteiger partial charge in [0.2, 0.25) is 0 Å². The quantitative estimate of drug-likeness (QED) is 0.0429. The van der Waals surface area contributed by atoms with Crippen LogP contribution in [0.3, 0.4) is 0 Å². The van der Waals surface area contributed by atoms with E-state index < -0.39 is 11.9 Å². The molecule has 0 aliphatic heterocycles. The zero-order valence-electron chi connectivity index (χ0n) is 51.4. The Morgan fingerprint density at radius 2 is 0.830 bits per heavy atom. The number of nitriles is 3. The van der Waals surface area contributed by atoms with E-state index in [1.165, 1.54) is 30.6 Å². The number of nitrogens with zero attached hydrogens (tertiary/aromatic N) is 5. The van der Waals surface area contributed by atoms with Crippen molar-refractivity contribution in [3.05, 3.63) is 280 Å². The number of para-hydroxylation sites is 2. The van der Waals surface area contributed by atoms with E-state index in [2.05, 4.69) is 47.3 Å². The van der Waals surface area contributed by atoms with Gasteiger partial charge in [-0.25, -0.2) is 19.6 Å². The van der Waals surface area contributed by atoms with Crippen LogP contribution in [0.15, 0.2) is 241 Å². The predicted octanol–water partition coefficient (Wildman–Crippen LogP) is 14.9. The smallest absolute Gasteiger partial charge is 0.537 e. The lowest BCUT2D eigenvalue weighted by Gasteiger charge is -2.08. The normalized spacial score (nSPS) is 9.56. The third-order valence-electron chi connectivity index (χ3n) is 12.8. The van der Waals surface area contributed by atoms with Gasteiger partial charge in [0.25, 0.3) is 11.8 Å². The standard InChI is InChI=1S/C21H16N4O.C20H15N3O.C14H10N2O2.C7H6BO4.C7H5BrN2.2C2H6/c22-20-18-12-15(9-10-19(18)23-13-24-20)14-5-4-6-16(11-14)21(26)25-17-7-2-1-3-8-17;21-13-17-12-15(9-10-19(17)22)14-5-4-6-16(11-14)20(24)23-18-7-2-1-3-8-18;15-8-12-7-10(4-5-13(12)16)9-2-1-3-11(6-9)14(17)18;9-7(10)5-2-1-3-6(4-5)12-8-11;8-6-1-2-7(10)5(3-6)4-9;2*1-2/h1-13H,(H,25,26)(H2,22,23,24);1-12H,22H2,(H,23,24);1-7H,16H2,(H,17,18);1-4,11H,(H,9,10);1-3H,10H2;2*1-2H3. The molecule has 0 aliphatic carbocycles. The van der Waals surface area contributed by atoms with E-state index in [1.54, 1.807) is 91.0 Å². The number of carboxylic acids is 2. The van der Waals surface area contributed by atoms with Crippen LogP contribution < -0.4 is 38.2 Å². The van der Waals surface area contributed by atoms with Gasteiger partial charge in [-0.15, -0.1) is 0 Å². The van der Waals surface area contributed by atoms with Crippen LogP contribution in [0.25, 0.3) is 44.3 Å². The number of nitrogen functional groups attached to an aromatic ring is 4. The number of carboxylic acid groups (broad SMARTS) is 2. The van der Waals surface area contributed by atoms with Crippen molar-refractivity contribution in [2.75, 3.05) is 33.6 Å². The van der Waals surface area contributed by atoms with Crippen molar-refractivity contribution in [3.8, 4) is 57.3 Å². The minimum absolute atomic E-state index is 0.120. The largest absolute Gasteiger partial charge is 0.569 e. The number of rotatable bonds is 11. The maximum absolute atomic E-state index is 12.5. The van der Waals surface area contributed by atoms with E-state index in [-0.39, 0.29) is 28.7 Å². The van der Waals surface area contributed by atoms with Crippen molar-refractivity contribution in [2.24, 2.45) is 0 Å². The highest BCUT2D eigenvalue weighted by molar-refractivity contribution is 9.10. The number of halogens is 1. The number of amides is 2. The highest BCUT2D eigenvalue weighted by Crippen LogP contribution is 2.29. The summed E-state index contributed by atoms with van der Waals surface area (Å²) in [5.74, 6) is -1.61. The summed E-state index contributed by atoms with van der Waals surface area (Å²) in [6.45, 7) is 8.00. The van der Waals surface area contributed by atoms with Crippen LogP contribution in [0.4, 0.5) is 34.3 Å². The highest BCUT2D eigenvalue weighted by Gasteiger charge is 2.13. The first-order chi connectivity index (χ1) is 45.5. The van der Waals surface area contributed by atoms with E-state index in [9.17, 15) is 19.2 Å². The molecule has 469 valence electrons. The lowest BCUT2D eigenvalue weighted by molar-refractivity contribution is 0.0686. The zero-order chi connectivity index (χ0) is 68.5. The fourth-order valence-corrected chi connectivity index (χ4v) is 8.63. The molecule has 0 atom stereocenters. The second kappa shape index (κ2) is 37.4. The fourth-order valence-electron chi connectivity index (χ4n) is 8.27. The molecule has 19 nitrogen and oxygen atoms in total. The lowest BCUT2D eigenvalue weighted by atomic mass is 10.0. The van der Waals surface area contributed by atoms with Crippen molar-refractivity contribution in [3.63, 3.8) is 0 Å². The summed E-state index contributed by atoms with van der Waals surface area (Å²) in [5.41, 5.74) is 34.3. The van der Waals surface area contributed by atoms with Gasteiger partial charge >= 0.3 is 19.6 Å². The third kappa shape index (κ3) is 21.6. The van der Waals surface area contributed by atoms with Crippen LogP contribution in [0, 0.1) is 34.0 Å². The van der Waals surface area contributed by atoms with Gasteiger partial charge in [-0.2, -0.15) is 15.8 Å². The Morgan fingerprint density at radius 3 is 1.27 bits per heavy atom. The average Bonchev–Trinajstić information content (AvgIpc) is 0.830. The molecule has 2 amide bonds. The molecule has 0 spiro atoms. The van der Waals surface area contributed by atoms with Crippen LogP contribution >= 0.6 is 15.9 Å². The van der Waals surface area contributed by atoms with Crippen molar-refractivity contribution >= 4 is 92.5 Å². The molecule has 11 aromatic rings. The van der Waals surface area contributed by atoms with Gasteiger partial charge in [0.05, 0.1) is 33.3 Å². The first-order valence-corrected chi connectivity index (χ1v) is 29.5. The molecule has 0 unspecified atom stereocenters. The Morgan fingerprint density at radius 1 is 0.447 bits per heavy atom. The number of nitrogens with one attached hydrogen (secondary N) is 2. The Kier molecular flexibility index (Phi) is 28.7. The molecular weight excluding hydrogens is 1250 g/mol. The molecule has 1 aromatic heterocycles. The van der Waals surface area contributed by atoms with E-state index in [0.29, 0.717) is 58.4 Å². The Balaban J connectivity index is 0.000000218. The van der Waals surface area contributed by atoms with Crippen molar-refractivity contribution in [1.29, 1.82) is 15.8 Å². The minimum atomic E-state index is -1.03. The first-order valence-electron chi connectivity index (χ1n) is 28.7. The molecule has 94 heavy (non-hydrogen) atoms. The van der Waals surface area contributed by atoms with Crippen LogP contribution in [-0.4, -0.2) is 56.6 Å². The molecule has 0 bridgehead atoms. The van der Waals surface area contributed by atoms with Crippen molar-refractivity contribution < 1.29 is 39.1 Å². The van der Waals surface area contributed by atoms with Crippen LogP contribution in [0.2, 0.25) is 0 Å². The summed E-state index contributed by atoms with van der Waals surface area (Å²) in [5, 5.41) is 58.8. The van der Waals surface area contributed by atoms with Crippen molar-refractivity contribution in [1.82, 2.24) is 9.97 Å². The monoisotopic (exact) mass is 1310 g/mol. The zero-order valence-corrected chi connectivity index (χ0v) is 53.0. The molecule has 0 saturated carbocycles. The molecule has 1 radical (unpaired) electrons. The number of nitrogens with two attached hydrogens (primary N) is 4. The lowest BCUT2D eigenvalue weighted by Crippen LogP contribution is -2.11. The van der Waals surface area contributed by atoms with Gasteiger partial charge in [0, 0.05) is 49.4 Å². The Labute approximate surface area is 553 Å². The average molecular weight is 1310 g/mol. The SMILES string of the molecule is CC.CC.N#Cc1cc(-c2cccc(C(=O)Nc3ccccc3)c2)ccc1N.N#Cc1cc(-c2cccc(C(=O)O)c2)ccc1N.N#Cc1cc(Br)ccc1N.Nc1ncnc2ccc(-c3cccc(C(=O)Nc4ccccc4)c3)cc12.O=C(O)c1cccc(O[B]O)c1. The number of anilines is 6. The van der Waals surface area contributed by atoms with E-state index >= 15 is 0 Å². The third-order valence-corrected chi connectivity index (χ3v) is 13.3. The van der Waals surface area contributed by atoms with Gasteiger partial charge < -0.3 is 53.5 Å². The van der Waals surface area contributed by atoms with Gasteiger partial charge in [-0.3, -0.25) is 9.59 Å². The predicted molar refractivity (Wildman–Crippen MR) is 375 cm³/mol. The Bertz CT molecular complexity index is 4520. The van der Waals surface area contributed by atoms with Crippen LogP contribution in [-0.2, 0) is 0 Å². The number of aromatic nitrogens is 2. The summed E-state index contributed by atoms with van der Waals surface area (Å²) in [4.78, 5) is 54.5. The van der Waals surface area contributed by atoms with Gasteiger partial charge in [0.1, 0.15) is 36.1 Å². The number of fused-ring (bicyclic) bond motifs is 1. The topological polar surface area (TPSA) is 363 Å². The number of hydrogen-bond donors (Lipinski definition) is 9. The first kappa shape index (κ1) is 72.1. The second-order valence-corrected chi connectivity index (χ2v) is 19.8. The molecule has 0 fully saturated rings. The summed E-state index contributed by atoms with van der Waals surface area (Å²) < 4.78 is 5.44. The summed E-state index contributed by atoms with van der Waals surface area (Å²) in [6.07, 6.45) is 1.45. The van der Waals surface area contributed by atoms with Gasteiger partial charge in [-0.05, 0) is 167 Å². The molecule has 10 aromatic carbocycles. The minimum Gasteiger partial charge on any atom is -0.537 e. The number of benzene rings is 10. The van der Waals surface area contributed by atoms with E-state index in [1.807, 2.05) is 155 Å². The molecule has 0 saturated heterocycles. The van der Waals surface area contributed by atoms with E-state index in [0.717, 1.165) is 60.1 Å². The number of carbonyl (C=O) groups excluding carboxylic acids is 2. The maximum atomic E-state index is 12.5. The molecule has 13 N–H and O–H groups in total. The number of carbonyl (C=O) groups is 4. The number of aromatic carboxylic acids is 2. The van der Waals surface area contributed by atoms with Crippen LogP contribution in [0.5, 0.6) is 5.75 Å². The molecule has 1 heterocycles. The summed E-state index contributed by atoms with van der Waals surface area (Å²) >= 11 is 3.23. The summed E-state index contributed by atoms with van der Waals surface area (Å²) in [7, 11) is 0.501. The molecular formula is C73H64BBrN11O8. The molecule has 21 heteroatoms. The second-order valence-electron chi connectivity index (χ2n) is 18.9. The van der Waals surface area contributed by atoms with Gasteiger partial charge in [0.15, 0.2) is 0 Å². The van der Waals surface area contributed by atoms with Crippen molar-refractivity contribution in [2.45, 2.75) is 27.7 Å². The fraction of sp³-hybridized carbons (Fsp3) is 0.0548. The van der Waals surface area contributed by atoms with E-state index in [4.69, 9.17) is 54.0 Å². The number of hydrogen-bond acceptors (Lipinski definition) is 15. The highest BCUT2D eigenvalue weighted by atomic mass is 79.9. The summed E-state index contributed by atoms with van der Waals surface area (Å²) in [6, 6.07) is 73.1. The molecule has 11 rings (SSSR count). The maximum Gasteiger partial charge on any atom is 0.569 e. The van der Waals surface area contributed by atoms with Crippen LogP contribution in [0.1, 0.15) is 85.8 Å². The molecule has 0 aliphatic rings.